The first kappa shape index (κ1) is 25.2. The number of nitrogens with zero attached hydrogens (tertiary/aromatic N) is 1. The van der Waals surface area contributed by atoms with Gasteiger partial charge >= 0.3 is 0 Å². The highest BCUT2D eigenvalue weighted by Gasteiger charge is 2.10. The van der Waals surface area contributed by atoms with Crippen molar-refractivity contribution >= 4 is 39.8 Å². The average Bonchev–Trinajstić information content (AvgIpc) is 2.65. The Labute approximate surface area is 188 Å². The van der Waals surface area contributed by atoms with E-state index in [1.807, 2.05) is 37.3 Å². The van der Waals surface area contributed by atoms with Gasteiger partial charge in [0, 0.05) is 12.8 Å². The molecule has 0 aliphatic rings. The van der Waals surface area contributed by atoms with E-state index in [9.17, 15) is 12.8 Å². The van der Waals surface area contributed by atoms with Crippen LogP contribution in [-0.4, -0.2) is 40.3 Å². The lowest BCUT2D eigenvalue weighted by Crippen LogP contribution is -2.39. The molecule has 2 aromatic carbocycles. The second-order valence-electron chi connectivity index (χ2n) is 6.27. The smallest absolute Gasteiger partial charge is 0.191 e. The highest BCUT2D eigenvalue weighted by molar-refractivity contribution is 14.0. The molecule has 0 saturated heterocycles. The van der Waals surface area contributed by atoms with Crippen molar-refractivity contribution in [2.45, 2.75) is 19.2 Å². The number of guanidine groups is 1. The molecule has 0 aromatic heterocycles. The topological polar surface area (TPSA) is 79.8 Å². The molecule has 0 amide bonds. The third kappa shape index (κ3) is 9.93. The maximum atomic E-state index is 13.6. The first-order chi connectivity index (χ1) is 13.4. The molecule has 0 aliphatic heterocycles. The first-order valence-electron chi connectivity index (χ1n) is 9.02. The van der Waals surface area contributed by atoms with E-state index >= 15 is 0 Å². The van der Waals surface area contributed by atoms with Gasteiger partial charge in [-0.1, -0.05) is 24.3 Å². The lowest BCUT2D eigenvalue weighted by atomic mass is 10.1. The Morgan fingerprint density at radius 2 is 1.83 bits per heavy atom. The second kappa shape index (κ2) is 12.6. The lowest BCUT2D eigenvalue weighted by molar-refractivity contribution is 0.322. The van der Waals surface area contributed by atoms with Crippen molar-refractivity contribution < 1.29 is 17.5 Å². The molecule has 0 fully saturated rings. The Bertz CT molecular complexity index is 893. The van der Waals surface area contributed by atoms with Crippen molar-refractivity contribution in [3.8, 4) is 5.75 Å². The van der Waals surface area contributed by atoms with Crippen LogP contribution in [-0.2, 0) is 22.1 Å². The number of rotatable bonds is 9. The summed E-state index contributed by atoms with van der Waals surface area (Å²) in [6.07, 6.45) is 1.15. The molecule has 2 N–H and O–H groups in total. The van der Waals surface area contributed by atoms with Gasteiger partial charge in [-0.25, -0.2) is 17.8 Å². The molecule has 0 atom stereocenters. The van der Waals surface area contributed by atoms with Gasteiger partial charge in [0.05, 0.1) is 18.8 Å². The molecule has 2 rings (SSSR count). The SMILES string of the molecule is CCNC(=NCc1cc(F)ccc1CS(C)(=O)=O)NCCOc1ccccc1.I. The standard InChI is InChI=1S/C20H26FN3O3S.HI/c1-3-22-20(23-11-12-27-19-7-5-4-6-8-19)24-14-17-13-18(21)10-9-16(17)15-28(2,25)26;/h4-10,13H,3,11-12,14-15H2,1-2H3,(H2,22,23,24);1H. The van der Waals surface area contributed by atoms with Crippen molar-refractivity contribution in [1.82, 2.24) is 10.6 Å². The molecule has 0 unspecified atom stereocenters. The van der Waals surface area contributed by atoms with Crippen LogP contribution in [0.4, 0.5) is 4.39 Å². The van der Waals surface area contributed by atoms with E-state index < -0.39 is 15.7 Å². The minimum absolute atomic E-state index is 0. The molecule has 0 spiro atoms. The summed E-state index contributed by atoms with van der Waals surface area (Å²) in [5.41, 5.74) is 1.10. The Morgan fingerprint density at radius 3 is 2.48 bits per heavy atom. The van der Waals surface area contributed by atoms with Gasteiger partial charge in [0.2, 0.25) is 0 Å². The molecule has 29 heavy (non-hydrogen) atoms. The zero-order valence-corrected chi connectivity index (χ0v) is 19.7. The number of hydrogen-bond acceptors (Lipinski definition) is 4. The molecular weight excluding hydrogens is 508 g/mol. The van der Waals surface area contributed by atoms with Gasteiger partial charge in [0.1, 0.15) is 18.2 Å². The number of ether oxygens (including phenoxy) is 1. The van der Waals surface area contributed by atoms with Crippen LogP contribution in [0.15, 0.2) is 53.5 Å². The third-order valence-electron chi connectivity index (χ3n) is 3.74. The Morgan fingerprint density at radius 1 is 1.10 bits per heavy atom. The van der Waals surface area contributed by atoms with Gasteiger partial charge in [-0.05, 0) is 42.3 Å². The van der Waals surface area contributed by atoms with Crippen LogP contribution in [0.2, 0.25) is 0 Å². The van der Waals surface area contributed by atoms with Crippen LogP contribution < -0.4 is 15.4 Å². The van der Waals surface area contributed by atoms with E-state index in [4.69, 9.17) is 4.74 Å². The molecule has 0 heterocycles. The largest absolute Gasteiger partial charge is 0.492 e. The number of nitrogens with one attached hydrogen (secondary N) is 2. The van der Waals surface area contributed by atoms with Gasteiger partial charge in [-0.2, -0.15) is 0 Å². The third-order valence-corrected chi connectivity index (χ3v) is 4.58. The predicted molar refractivity (Wildman–Crippen MR) is 125 cm³/mol. The fourth-order valence-electron chi connectivity index (χ4n) is 2.53. The fraction of sp³-hybridized carbons (Fsp3) is 0.350. The van der Waals surface area contributed by atoms with E-state index in [2.05, 4.69) is 15.6 Å². The normalized spacial score (nSPS) is 11.5. The van der Waals surface area contributed by atoms with Crippen LogP contribution >= 0.6 is 24.0 Å². The highest BCUT2D eigenvalue weighted by Crippen LogP contribution is 2.15. The predicted octanol–water partition coefficient (Wildman–Crippen LogP) is 3.12. The van der Waals surface area contributed by atoms with Crippen molar-refractivity contribution in [3.05, 3.63) is 65.5 Å². The summed E-state index contributed by atoms with van der Waals surface area (Å²) in [5, 5.41) is 6.25. The van der Waals surface area contributed by atoms with Crippen molar-refractivity contribution in [2.75, 3.05) is 26.0 Å². The van der Waals surface area contributed by atoms with E-state index in [0.717, 1.165) is 12.0 Å². The maximum Gasteiger partial charge on any atom is 0.191 e. The summed E-state index contributed by atoms with van der Waals surface area (Å²) in [7, 11) is -3.22. The molecule has 2 aromatic rings. The van der Waals surface area contributed by atoms with Crippen LogP contribution in [0.1, 0.15) is 18.1 Å². The second-order valence-corrected chi connectivity index (χ2v) is 8.41. The van der Waals surface area contributed by atoms with E-state index in [1.54, 1.807) is 0 Å². The summed E-state index contributed by atoms with van der Waals surface area (Å²) >= 11 is 0. The number of para-hydroxylation sites is 1. The molecule has 9 heteroatoms. The van der Waals surface area contributed by atoms with Crippen molar-refractivity contribution in [3.63, 3.8) is 0 Å². The minimum Gasteiger partial charge on any atom is -0.492 e. The molecule has 0 aliphatic carbocycles. The molecular formula is C20H27FIN3O3S. The molecule has 0 radical (unpaired) electrons. The summed E-state index contributed by atoms with van der Waals surface area (Å²) in [4.78, 5) is 4.44. The van der Waals surface area contributed by atoms with Crippen LogP contribution in [0.3, 0.4) is 0 Å². The summed E-state index contributed by atoms with van der Waals surface area (Å²) in [6, 6.07) is 13.6. The van der Waals surface area contributed by atoms with Gasteiger partial charge in [0.25, 0.3) is 0 Å². The molecule has 0 saturated carbocycles. The van der Waals surface area contributed by atoms with Gasteiger partial charge in [-0.15, -0.1) is 24.0 Å². The Kier molecular flexibility index (Phi) is 11.0. The molecule has 160 valence electrons. The van der Waals surface area contributed by atoms with E-state index in [-0.39, 0.29) is 36.3 Å². The minimum atomic E-state index is -3.22. The highest BCUT2D eigenvalue weighted by atomic mass is 127. The fourth-order valence-corrected chi connectivity index (χ4v) is 3.37. The van der Waals surface area contributed by atoms with Gasteiger partial charge < -0.3 is 15.4 Å². The summed E-state index contributed by atoms with van der Waals surface area (Å²) in [6.45, 7) is 3.74. The van der Waals surface area contributed by atoms with Gasteiger partial charge in [-0.3, -0.25) is 0 Å². The zero-order chi connectivity index (χ0) is 20.4. The number of halogens is 2. The van der Waals surface area contributed by atoms with Crippen LogP contribution in [0.25, 0.3) is 0 Å². The monoisotopic (exact) mass is 535 g/mol. The van der Waals surface area contributed by atoms with Crippen molar-refractivity contribution in [2.24, 2.45) is 4.99 Å². The van der Waals surface area contributed by atoms with E-state index in [0.29, 0.717) is 36.8 Å². The summed E-state index contributed by atoms with van der Waals surface area (Å²) < 4.78 is 42.4. The maximum absolute atomic E-state index is 13.6. The number of sulfone groups is 1. The number of benzene rings is 2. The van der Waals surface area contributed by atoms with E-state index in [1.165, 1.54) is 18.2 Å². The average molecular weight is 535 g/mol. The molecule has 0 bridgehead atoms. The summed E-state index contributed by atoms with van der Waals surface area (Å²) in [5.74, 6) is 0.773. The first-order valence-corrected chi connectivity index (χ1v) is 11.1. The lowest BCUT2D eigenvalue weighted by Gasteiger charge is -2.13. The number of hydrogen-bond donors (Lipinski definition) is 2. The zero-order valence-electron chi connectivity index (χ0n) is 16.5. The quantitative estimate of drug-likeness (QED) is 0.223. The van der Waals surface area contributed by atoms with Crippen molar-refractivity contribution in [1.29, 1.82) is 0 Å². The Balaban J connectivity index is 0.00000420. The molecule has 6 nitrogen and oxygen atoms in total. The number of aliphatic imine (C=N–C) groups is 1. The van der Waals surface area contributed by atoms with Crippen LogP contribution in [0.5, 0.6) is 5.75 Å². The Hall–Kier alpha value is -1.88. The van der Waals surface area contributed by atoms with Crippen LogP contribution in [0, 0.1) is 5.82 Å². The van der Waals surface area contributed by atoms with Gasteiger partial charge in [0.15, 0.2) is 15.8 Å².